The zero-order valence-corrected chi connectivity index (χ0v) is 24.9. The van der Waals surface area contributed by atoms with Crippen molar-refractivity contribution in [1.82, 2.24) is 15.0 Å². The Hall–Kier alpha value is -6.19. The highest BCUT2D eigenvalue weighted by Gasteiger charge is 2.14. The lowest BCUT2D eigenvalue weighted by Crippen LogP contribution is -1.92. The fourth-order valence-corrected chi connectivity index (χ4v) is 6.51. The van der Waals surface area contributed by atoms with Crippen molar-refractivity contribution in [3.8, 4) is 44.9 Å². The SMILES string of the molecule is c1ccc(-c2ccc3ccc4ccc(-c5ccc(-c6cc(-c7ccccc7)c7c(ccc8ccccc87)n6)cc5)nc4c3n2)cc1. The molecule has 0 radical (unpaired) electrons. The molecule has 0 spiro atoms. The van der Waals surface area contributed by atoms with E-state index in [-0.39, 0.29) is 0 Å². The Kier molecular flexibility index (Phi) is 6.14. The second kappa shape index (κ2) is 10.8. The maximum atomic E-state index is 5.17. The number of fused-ring (bicyclic) bond motifs is 6. The summed E-state index contributed by atoms with van der Waals surface area (Å²) in [6.45, 7) is 0. The lowest BCUT2D eigenvalue weighted by Gasteiger charge is -2.13. The number of benzene rings is 6. The molecule has 3 nitrogen and oxygen atoms in total. The van der Waals surface area contributed by atoms with Gasteiger partial charge in [-0.3, -0.25) is 0 Å². The molecule has 3 aromatic heterocycles. The molecule has 0 fully saturated rings. The van der Waals surface area contributed by atoms with E-state index in [1.54, 1.807) is 0 Å². The first kappa shape index (κ1) is 26.2. The van der Waals surface area contributed by atoms with E-state index in [4.69, 9.17) is 15.0 Å². The molecule has 0 atom stereocenters. The highest BCUT2D eigenvalue weighted by atomic mass is 14.8. The quantitative estimate of drug-likeness (QED) is 0.193. The van der Waals surface area contributed by atoms with Gasteiger partial charge in [0.2, 0.25) is 0 Å². The number of hydrogen-bond acceptors (Lipinski definition) is 3. The molecule has 0 amide bonds. The van der Waals surface area contributed by atoms with Crippen molar-refractivity contribution < 1.29 is 0 Å². The molecule has 0 saturated carbocycles. The van der Waals surface area contributed by atoms with Crippen LogP contribution in [0.4, 0.5) is 0 Å². The maximum absolute atomic E-state index is 5.17. The maximum Gasteiger partial charge on any atom is 0.0972 e. The average molecular weight is 586 g/mol. The van der Waals surface area contributed by atoms with Gasteiger partial charge in [-0.2, -0.15) is 0 Å². The van der Waals surface area contributed by atoms with Crippen molar-refractivity contribution >= 4 is 43.5 Å². The summed E-state index contributed by atoms with van der Waals surface area (Å²) in [5.41, 5.74) is 11.2. The molecular formula is C43H27N3. The number of pyridine rings is 3. The van der Waals surface area contributed by atoms with E-state index in [1.807, 2.05) is 18.2 Å². The summed E-state index contributed by atoms with van der Waals surface area (Å²) in [7, 11) is 0. The van der Waals surface area contributed by atoms with Crippen molar-refractivity contribution in [2.75, 3.05) is 0 Å². The fourth-order valence-electron chi connectivity index (χ4n) is 6.51. The molecule has 9 rings (SSSR count). The third kappa shape index (κ3) is 4.49. The molecular weight excluding hydrogens is 558 g/mol. The number of nitrogens with zero attached hydrogens (tertiary/aromatic N) is 3. The van der Waals surface area contributed by atoms with Gasteiger partial charge >= 0.3 is 0 Å². The minimum Gasteiger partial charge on any atom is -0.248 e. The number of rotatable bonds is 4. The van der Waals surface area contributed by atoms with E-state index in [0.29, 0.717) is 0 Å². The summed E-state index contributed by atoms with van der Waals surface area (Å²) in [6.07, 6.45) is 0. The predicted molar refractivity (Wildman–Crippen MR) is 192 cm³/mol. The molecule has 214 valence electrons. The van der Waals surface area contributed by atoms with Crippen LogP contribution in [0.3, 0.4) is 0 Å². The highest BCUT2D eigenvalue weighted by molar-refractivity contribution is 6.13. The van der Waals surface area contributed by atoms with Crippen LogP contribution in [-0.2, 0) is 0 Å². The topological polar surface area (TPSA) is 38.7 Å². The van der Waals surface area contributed by atoms with Gasteiger partial charge in [-0.25, -0.2) is 15.0 Å². The van der Waals surface area contributed by atoms with Crippen molar-refractivity contribution in [2.24, 2.45) is 0 Å². The van der Waals surface area contributed by atoms with Crippen molar-refractivity contribution in [3.05, 3.63) is 164 Å². The van der Waals surface area contributed by atoms with Crippen molar-refractivity contribution in [2.45, 2.75) is 0 Å². The van der Waals surface area contributed by atoms with Gasteiger partial charge < -0.3 is 0 Å². The Labute approximate surface area is 266 Å². The van der Waals surface area contributed by atoms with Gasteiger partial charge in [0.25, 0.3) is 0 Å². The molecule has 0 N–H and O–H groups in total. The van der Waals surface area contributed by atoms with Gasteiger partial charge in [-0.15, -0.1) is 0 Å². The van der Waals surface area contributed by atoms with Crippen LogP contribution in [0.5, 0.6) is 0 Å². The number of hydrogen-bond donors (Lipinski definition) is 0. The molecule has 3 heteroatoms. The average Bonchev–Trinajstić information content (AvgIpc) is 3.14. The van der Waals surface area contributed by atoms with E-state index in [2.05, 4.69) is 146 Å². The van der Waals surface area contributed by atoms with Crippen LogP contribution in [-0.4, -0.2) is 15.0 Å². The highest BCUT2D eigenvalue weighted by Crippen LogP contribution is 2.37. The number of aromatic nitrogens is 3. The summed E-state index contributed by atoms with van der Waals surface area (Å²) in [6, 6.07) is 57.3. The van der Waals surface area contributed by atoms with E-state index in [0.717, 1.165) is 61.1 Å². The molecule has 0 bridgehead atoms. The van der Waals surface area contributed by atoms with Gasteiger partial charge in [-0.05, 0) is 46.2 Å². The Balaban J connectivity index is 1.14. The Bertz CT molecular complexity index is 2560. The second-order valence-electron chi connectivity index (χ2n) is 11.6. The van der Waals surface area contributed by atoms with Gasteiger partial charge in [-0.1, -0.05) is 140 Å². The van der Waals surface area contributed by atoms with Gasteiger partial charge in [0.05, 0.1) is 33.6 Å². The van der Waals surface area contributed by atoms with Crippen molar-refractivity contribution in [1.29, 1.82) is 0 Å². The zero-order valence-electron chi connectivity index (χ0n) is 24.9. The Morgan fingerprint density at radius 3 is 1.48 bits per heavy atom. The normalized spacial score (nSPS) is 11.5. The first-order chi connectivity index (χ1) is 22.8. The molecule has 0 saturated heterocycles. The lowest BCUT2D eigenvalue weighted by atomic mass is 9.94. The fraction of sp³-hybridized carbons (Fsp3) is 0. The first-order valence-electron chi connectivity index (χ1n) is 15.5. The summed E-state index contributed by atoms with van der Waals surface area (Å²) >= 11 is 0. The lowest BCUT2D eigenvalue weighted by molar-refractivity contribution is 1.36. The standard InChI is InChI=1S/C43H27N3/c1-3-9-28(10-4-1)36-27-40(44-39-26-21-29-11-7-8-14-35(29)41(36)39)32-17-15-31(16-18-32)38-25-23-34-20-19-33-22-24-37(30-12-5-2-6-13-30)45-42(33)43(34)46-38/h1-27H. The van der Waals surface area contributed by atoms with Crippen LogP contribution in [0.1, 0.15) is 0 Å². The predicted octanol–water partition coefficient (Wildman–Crippen LogP) is 11.2. The largest absolute Gasteiger partial charge is 0.248 e. The summed E-state index contributed by atoms with van der Waals surface area (Å²) in [5.74, 6) is 0. The molecule has 6 aromatic carbocycles. The second-order valence-corrected chi connectivity index (χ2v) is 11.6. The van der Waals surface area contributed by atoms with E-state index in [9.17, 15) is 0 Å². The van der Waals surface area contributed by atoms with Crippen LogP contribution < -0.4 is 0 Å². The van der Waals surface area contributed by atoms with Gasteiger partial charge in [0.15, 0.2) is 0 Å². The van der Waals surface area contributed by atoms with Crippen LogP contribution in [0.15, 0.2) is 164 Å². The molecule has 0 aliphatic carbocycles. The molecule has 0 aliphatic heterocycles. The van der Waals surface area contributed by atoms with Crippen molar-refractivity contribution in [3.63, 3.8) is 0 Å². The zero-order chi connectivity index (χ0) is 30.5. The Morgan fingerprint density at radius 1 is 0.326 bits per heavy atom. The summed E-state index contributed by atoms with van der Waals surface area (Å²) < 4.78 is 0. The van der Waals surface area contributed by atoms with E-state index in [1.165, 1.54) is 27.3 Å². The summed E-state index contributed by atoms with van der Waals surface area (Å²) in [5, 5.41) is 5.77. The molecule has 9 aromatic rings. The van der Waals surface area contributed by atoms with Crippen LogP contribution >= 0.6 is 0 Å². The van der Waals surface area contributed by atoms with E-state index >= 15 is 0 Å². The third-order valence-corrected chi connectivity index (χ3v) is 8.85. The Morgan fingerprint density at radius 2 is 0.826 bits per heavy atom. The minimum absolute atomic E-state index is 0.910. The third-order valence-electron chi connectivity index (χ3n) is 8.85. The molecule has 0 aliphatic rings. The minimum atomic E-state index is 0.910. The summed E-state index contributed by atoms with van der Waals surface area (Å²) in [4.78, 5) is 15.4. The van der Waals surface area contributed by atoms with Crippen LogP contribution in [0.25, 0.3) is 88.4 Å². The first-order valence-corrected chi connectivity index (χ1v) is 15.5. The van der Waals surface area contributed by atoms with Crippen LogP contribution in [0, 0.1) is 0 Å². The molecule has 46 heavy (non-hydrogen) atoms. The molecule has 3 heterocycles. The monoisotopic (exact) mass is 585 g/mol. The van der Waals surface area contributed by atoms with Gasteiger partial charge in [0, 0.05) is 32.8 Å². The van der Waals surface area contributed by atoms with E-state index < -0.39 is 0 Å². The van der Waals surface area contributed by atoms with Gasteiger partial charge in [0.1, 0.15) is 0 Å². The van der Waals surface area contributed by atoms with Crippen LogP contribution in [0.2, 0.25) is 0 Å². The smallest absolute Gasteiger partial charge is 0.0972 e. The molecule has 0 unspecified atom stereocenters.